The fourth-order valence-electron chi connectivity index (χ4n) is 4.23. The van der Waals surface area contributed by atoms with E-state index in [4.69, 9.17) is 9.62 Å². The molecule has 0 spiro atoms. The van der Waals surface area contributed by atoms with E-state index < -0.39 is 0 Å². The summed E-state index contributed by atoms with van der Waals surface area (Å²) in [6, 6.07) is 23.6. The molecule has 6 rings (SSSR count). The lowest BCUT2D eigenvalue weighted by Crippen LogP contribution is -2.26. The summed E-state index contributed by atoms with van der Waals surface area (Å²) in [6.07, 6.45) is 3.99. The van der Waals surface area contributed by atoms with E-state index in [1.54, 1.807) is 11.0 Å². The number of aryl methyl sites for hydroxylation is 1. The van der Waals surface area contributed by atoms with Gasteiger partial charge in [0.15, 0.2) is 11.5 Å². The summed E-state index contributed by atoms with van der Waals surface area (Å²) in [5, 5.41) is 8.92. The molecule has 3 aromatic heterocycles. The average molecular weight is 435 g/mol. The van der Waals surface area contributed by atoms with Crippen molar-refractivity contribution in [3.05, 3.63) is 108 Å². The van der Waals surface area contributed by atoms with Crippen LogP contribution in [-0.2, 0) is 13.1 Å². The van der Waals surface area contributed by atoms with Gasteiger partial charge in [0.25, 0.3) is 5.91 Å². The lowest BCUT2D eigenvalue weighted by Gasteiger charge is -2.16. The van der Waals surface area contributed by atoms with Gasteiger partial charge in [-0.15, -0.1) is 0 Å². The van der Waals surface area contributed by atoms with Crippen LogP contribution in [0.25, 0.3) is 22.8 Å². The number of amides is 1. The molecule has 4 heterocycles. The molecule has 1 amide bonds. The molecule has 0 N–H and O–H groups in total. The topological polar surface area (TPSA) is 69.1 Å². The maximum absolute atomic E-state index is 13.2. The van der Waals surface area contributed by atoms with Crippen LogP contribution in [0.15, 0.2) is 89.7 Å². The fourth-order valence-corrected chi connectivity index (χ4v) is 4.23. The van der Waals surface area contributed by atoms with Crippen molar-refractivity contribution < 1.29 is 9.32 Å². The Labute approximate surface area is 190 Å². The first kappa shape index (κ1) is 19.3. The number of hydrogen-bond acceptors (Lipinski definition) is 4. The van der Waals surface area contributed by atoms with Gasteiger partial charge in [0, 0.05) is 29.6 Å². The van der Waals surface area contributed by atoms with Crippen molar-refractivity contribution in [1.82, 2.24) is 24.4 Å². The summed E-state index contributed by atoms with van der Waals surface area (Å²) in [5.74, 6) is 1.35. The Morgan fingerprint density at radius 3 is 2.45 bits per heavy atom. The molecule has 2 aromatic carbocycles. The van der Waals surface area contributed by atoms with Gasteiger partial charge in [-0.2, -0.15) is 5.10 Å². The number of hydrogen-bond donors (Lipinski definition) is 0. The van der Waals surface area contributed by atoms with Crippen molar-refractivity contribution in [2.24, 2.45) is 0 Å². The van der Waals surface area contributed by atoms with E-state index in [-0.39, 0.29) is 5.91 Å². The minimum absolute atomic E-state index is 0.167. The second-order valence-electron chi connectivity index (χ2n) is 8.19. The zero-order valence-corrected chi connectivity index (χ0v) is 18.0. The van der Waals surface area contributed by atoms with Crippen molar-refractivity contribution in [3.63, 3.8) is 0 Å². The molecule has 0 atom stereocenters. The minimum atomic E-state index is -0.167. The second kappa shape index (κ2) is 7.63. The maximum Gasteiger partial charge on any atom is 0.276 e. The van der Waals surface area contributed by atoms with Crippen molar-refractivity contribution in [1.29, 1.82) is 0 Å². The molecule has 7 heteroatoms. The van der Waals surface area contributed by atoms with Crippen LogP contribution in [0.2, 0.25) is 0 Å². The van der Waals surface area contributed by atoms with E-state index in [0.29, 0.717) is 24.5 Å². The van der Waals surface area contributed by atoms with E-state index in [1.807, 2.05) is 64.1 Å². The van der Waals surface area contributed by atoms with Gasteiger partial charge in [0.05, 0.1) is 24.5 Å². The summed E-state index contributed by atoms with van der Waals surface area (Å²) in [5.41, 5.74) is 5.29. The van der Waals surface area contributed by atoms with Crippen LogP contribution >= 0.6 is 0 Å². The average Bonchev–Trinajstić information content (AvgIpc) is 3.63. The van der Waals surface area contributed by atoms with E-state index in [0.717, 1.165) is 28.3 Å². The third-order valence-electron chi connectivity index (χ3n) is 5.93. The van der Waals surface area contributed by atoms with Crippen LogP contribution < -0.4 is 0 Å². The molecule has 0 unspecified atom stereocenters. The van der Waals surface area contributed by atoms with E-state index in [1.165, 1.54) is 5.56 Å². The van der Waals surface area contributed by atoms with Crippen LogP contribution in [0.3, 0.4) is 0 Å². The Bertz CT molecular complexity index is 1430. The predicted molar refractivity (Wildman–Crippen MR) is 123 cm³/mol. The number of fused-ring (bicyclic) bond motifs is 1. The fraction of sp³-hybridized carbons (Fsp3) is 0.115. The highest BCUT2D eigenvalue weighted by Gasteiger charge is 2.33. The van der Waals surface area contributed by atoms with Crippen molar-refractivity contribution in [2.75, 3.05) is 0 Å². The van der Waals surface area contributed by atoms with Gasteiger partial charge in [-0.3, -0.25) is 4.79 Å². The molecule has 0 saturated heterocycles. The Morgan fingerprint density at radius 1 is 0.939 bits per heavy atom. The third-order valence-corrected chi connectivity index (χ3v) is 5.93. The lowest BCUT2D eigenvalue weighted by molar-refractivity contribution is 0.0739. The van der Waals surface area contributed by atoms with Crippen molar-refractivity contribution in [3.8, 4) is 22.8 Å². The van der Waals surface area contributed by atoms with E-state index >= 15 is 0 Å². The van der Waals surface area contributed by atoms with Gasteiger partial charge < -0.3 is 14.0 Å². The molecule has 1 aliphatic rings. The van der Waals surface area contributed by atoms with Crippen molar-refractivity contribution >= 4 is 5.91 Å². The number of carbonyl (C=O) groups is 1. The van der Waals surface area contributed by atoms with Gasteiger partial charge >= 0.3 is 0 Å². The summed E-state index contributed by atoms with van der Waals surface area (Å²) < 4.78 is 9.44. The zero-order valence-electron chi connectivity index (χ0n) is 18.0. The monoisotopic (exact) mass is 435 g/mol. The molecular weight excluding hydrogens is 414 g/mol. The second-order valence-corrected chi connectivity index (χ2v) is 8.19. The van der Waals surface area contributed by atoms with Gasteiger partial charge in [0.1, 0.15) is 5.82 Å². The summed E-state index contributed by atoms with van der Waals surface area (Å²) in [6.45, 7) is 2.95. The van der Waals surface area contributed by atoms with Gasteiger partial charge in [-0.25, -0.2) is 4.68 Å². The molecule has 0 saturated carbocycles. The molecule has 5 aromatic rings. The first-order valence-corrected chi connectivity index (χ1v) is 10.8. The highest BCUT2D eigenvalue weighted by molar-refractivity contribution is 5.93. The van der Waals surface area contributed by atoms with Crippen LogP contribution in [0.4, 0.5) is 0 Å². The smallest absolute Gasteiger partial charge is 0.276 e. The maximum atomic E-state index is 13.2. The largest absolute Gasteiger partial charge is 0.355 e. The molecule has 1 aliphatic heterocycles. The molecule has 0 bridgehead atoms. The number of carbonyl (C=O) groups excluding carboxylic acids is 1. The SMILES string of the molecule is Cc1ccc(-n2nc3c(c2-n2cccc2)CN(C(=O)c2cc(-c4ccccc4)on2)C3)cc1. The molecule has 0 fully saturated rings. The van der Waals surface area contributed by atoms with Gasteiger partial charge in [-0.05, 0) is 31.2 Å². The van der Waals surface area contributed by atoms with E-state index in [2.05, 4.69) is 36.3 Å². The molecule has 33 heavy (non-hydrogen) atoms. The van der Waals surface area contributed by atoms with Gasteiger partial charge in [0.2, 0.25) is 0 Å². The molecular formula is C26H21N5O2. The Hall–Kier alpha value is -4.39. The highest BCUT2D eigenvalue weighted by Crippen LogP contribution is 2.32. The molecule has 0 radical (unpaired) electrons. The standard InChI is InChI=1S/C26H21N5O2/c1-18-9-11-20(12-10-18)31-25(29-13-5-6-14-29)21-16-30(17-23(21)27-31)26(32)22-15-24(33-28-22)19-7-3-2-4-8-19/h2-15H,16-17H2,1H3. The summed E-state index contributed by atoms with van der Waals surface area (Å²) in [7, 11) is 0. The first-order chi connectivity index (χ1) is 16.2. The number of aromatic nitrogens is 4. The Morgan fingerprint density at radius 2 is 1.70 bits per heavy atom. The minimum Gasteiger partial charge on any atom is -0.355 e. The number of rotatable bonds is 4. The van der Waals surface area contributed by atoms with Crippen LogP contribution in [0.5, 0.6) is 0 Å². The lowest BCUT2D eigenvalue weighted by atomic mass is 10.1. The highest BCUT2D eigenvalue weighted by atomic mass is 16.5. The quantitative estimate of drug-likeness (QED) is 0.407. The number of benzene rings is 2. The third kappa shape index (κ3) is 3.34. The Kier molecular flexibility index (Phi) is 4.47. The zero-order chi connectivity index (χ0) is 22.4. The molecule has 0 aliphatic carbocycles. The molecule has 162 valence electrons. The van der Waals surface area contributed by atoms with Crippen LogP contribution in [0, 0.1) is 6.92 Å². The van der Waals surface area contributed by atoms with Crippen LogP contribution in [0.1, 0.15) is 27.3 Å². The summed E-state index contributed by atoms with van der Waals surface area (Å²) in [4.78, 5) is 15.0. The normalized spacial score (nSPS) is 12.8. The van der Waals surface area contributed by atoms with Crippen LogP contribution in [-0.4, -0.2) is 30.3 Å². The van der Waals surface area contributed by atoms with Crippen molar-refractivity contribution in [2.45, 2.75) is 20.0 Å². The predicted octanol–water partition coefficient (Wildman–Crippen LogP) is 4.78. The first-order valence-electron chi connectivity index (χ1n) is 10.8. The Balaban J connectivity index is 1.32. The molecule has 7 nitrogen and oxygen atoms in total. The van der Waals surface area contributed by atoms with Gasteiger partial charge in [-0.1, -0.05) is 53.2 Å². The number of nitrogens with zero attached hydrogens (tertiary/aromatic N) is 5. The van der Waals surface area contributed by atoms with E-state index in [9.17, 15) is 4.79 Å². The summed E-state index contributed by atoms with van der Waals surface area (Å²) >= 11 is 0.